The Morgan fingerprint density at radius 2 is 1.68 bits per heavy atom. The molecule has 0 bridgehead atoms. The maximum Gasteiger partial charge on any atom is 0.256 e. The Morgan fingerprint density at radius 3 is 2.19 bits per heavy atom. The van der Waals surface area contributed by atoms with Gasteiger partial charge in [0, 0.05) is 19.3 Å². The summed E-state index contributed by atoms with van der Waals surface area (Å²) >= 11 is 0. The number of carbonyl (C=O) groups excluding carboxylic acids is 1. The van der Waals surface area contributed by atoms with Crippen molar-refractivity contribution in [2.75, 3.05) is 38.7 Å². The van der Waals surface area contributed by atoms with Gasteiger partial charge in [-0.2, -0.15) is 0 Å². The van der Waals surface area contributed by atoms with E-state index >= 15 is 0 Å². The molecule has 31 heavy (non-hydrogen) atoms. The van der Waals surface area contributed by atoms with Crippen LogP contribution in [0.15, 0.2) is 24.3 Å². The number of anilines is 1. The van der Waals surface area contributed by atoms with E-state index in [0.717, 1.165) is 30.3 Å². The van der Waals surface area contributed by atoms with Crippen LogP contribution in [0, 0.1) is 17.8 Å². The third kappa shape index (κ3) is 8.46. The van der Waals surface area contributed by atoms with Crippen LogP contribution in [0.5, 0.6) is 5.75 Å². The molecule has 0 unspecified atom stereocenters. The molecule has 0 atom stereocenters. The summed E-state index contributed by atoms with van der Waals surface area (Å²) in [4.78, 5) is 15.7. The predicted molar refractivity (Wildman–Crippen MR) is 129 cm³/mol. The molecule has 1 heterocycles. The molecule has 1 aromatic carbocycles. The molecule has 1 N–H and O–H groups in total. The number of benzene rings is 1. The van der Waals surface area contributed by atoms with E-state index in [1.54, 1.807) is 7.11 Å². The van der Waals surface area contributed by atoms with Crippen LogP contribution in [0.25, 0.3) is 0 Å². The third-order valence-corrected chi connectivity index (χ3v) is 6.16. The number of rotatable bonds is 12. The lowest BCUT2D eigenvalue weighted by Gasteiger charge is -2.34. The minimum Gasteiger partial charge on any atom is -0.494 e. The first kappa shape index (κ1) is 25.7. The Kier molecular flexibility index (Phi) is 10.3. The highest BCUT2D eigenvalue weighted by atomic mass is 16.5. The fourth-order valence-electron chi connectivity index (χ4n) is 4.49. The average molecular weight is 433 g/mol. The highest BCUT2D eigenvalue weighted by Gasteiger charge is 2.39. The number of methoxy groups -OCH3 is 1. The van der Waals surface area contributed by atoms with Gasteiger partial charge in [-0.25, -0.2) is 0 Å². The van der Waals surface area contributed by atoms with Crippen LogP contribution < -0.4 is 10.1 Å². The van der Waals surface area contributed by atoms with Crippen molar-refractivity contribution in [3.63, 3.8) is 0 Å². The molecule has 5 heteroatoms. The SMILES string of the molecule is COC(CC(C)C)(CC(C)C)C(=O)Nc1ccc(OCCCN2CCC(C)CC2)cc1. The molecule has 1 amide bonds. The van der Waals surface area contributed by atoms with Crippen LogP contribution in [0.4, 0.5) is 5.69 Å². The molecule has 1 aliphatic rings. The number of likely N-dealkylation sites (tertiary alicyclic amines) is 1. The number of ether oxygens (including phenoxy) is 2. The average Bonchev–Trinajstić information content (AvgIpc) is 2.72. The molecule has 5 nitrogen and oxygen atoms in total. The minimum absolute atomic E-state index is 0.0677. The van der Waals surface area contributed by atoms with Gasteiger partial charge in [-0.3, -0.25) is 4.79 Å². The molecule has 1 aliphatic heterocycles. The second kappa shape index (κ2) is 12.4. The maximum absolute atomic E-state index is 13.1. The summed E-state index contributed by atoms with van der Waals surface area (Å²) in [7, 11) is 1.64. The number of piperidine rings is 1. The lowest BCUT2D eigenvalue weighted by atomic mass is 9.84. The first-order chi connectivity index (χ1) is 14.7. The summed E-state index contributed by atoms with van der Waals surface area (Å²) in [6, 6.07) is 7.67. The van der Waals surface area contributed by atoms with Gasteiger partial charge >= 0.3 is 0 Å². The third-order valence-electron chi connectivity index (χ3n) is 6.16. The Morgan fingerprint density at radius 1 is 1.10 bits per heavy atom. The quantitative estimate of drug-likeness (QED) is 0.437. The first-order valence-corrected chi connectivity index (χ1v) is 12.1. The number of hydrogen-bond acceptors (Lipinski definition) is 4. The number of amides is 1. The molecule has 0 spiro atoms. The molecule has 1 aromatic rings. The zero-order chi connectivity index (χ0) is 22.9. The molecule has 176 valence electrons. The van der Waals surface area contributed by atoms with Gasteiger partial charge in [-0.15, -0.1) is 0 Å². The molecule has 1 fully saturated rings. The van der Waals surface area contributed by atoms with Crippen LogP contribution in [0.1, 0.15) is 66.7 Å². The van der Waals surface area contributed by atoms with Gasteiger partial charge in [0.25, 0.3) is 5.91 Å². The zero-order valence-electron chi connectivity index (χ0n) is 20.6. The van der Waals surface area contributed by atoms with Crippen LogP contribution in [0.3, 0.4) is 0 Å². The van der Waals surface area contributed by atoms with Gasteiger partial charge in [0.15, 0.2) is 0 Å². The van der Waals surface area contributed by atoms with Crippen molar-refractivity contribution in [1.82, 2.24) is 4.90 Å². The highest BCUT2D eigenvalue weighted by Crippen LogP contribution is 2.30. The van der Waals surface area contributed by atoms with E-state index in [2.05, 4.69) is 44.8 Å². The summed E-state index contributed by atoms with van der Waals surface area (Å²) in [5.74, 6) is 2.38. The fourth-order valence-corrected chi connectivity index (χ4v) is 4.49. The summed E-state index contributed by atoms with van der Waals surface area (Å²) in [5.41, 5.74) is -0.0299. The Bertz CT molecular complexity index is 639. The summed E-state index contributed by atoms with van der Waals surface area (Å²) in [6.45, 7) is 15.1. The van der Waals surface area contributed by atoms with Crippen LogP contribution in [0.2, 0.25) is 0 Å². The van der Waals surface area contributed by atoms with Crippen LogP contribution in [-0.2, 0) is 9.53 Å². The largest absolute Gasteiger partial charge is 0.494 e. The Balaban J connectivity index is 1.83. The van der Waals surface area contributed by atoms with E-state index in [-0.39, 0.29) is 5.91 Å². The van der Waals surface area contributed by atoms with E-state index in [9.17, 15) is 4.79 Å². The number of hydrogen-bond donors (Lipinski definition) is 1. The van der Waals surface area contributed by atoms with Gasteiger partial charge in [0.1, 0.15) is 11.4 Å². The van der Waals surface area contributed by atoms with E-state index in [1.165, 1.54) is 25.9 Å². The molecule has 0 aromatic heterocycles. The molecule has 0 radical (unpaired) electrons. The van der Waals surface area contributed by atoms with Gasteiger partial charge < -0.3 is 19.7 Å². The second-order valence-electron chi connectivity index (χ2n) is 10.1. The van der Waals surface area contributed by atoms with E-state index < -0.39 is 5.60 Å². The van der Waals surface area contributed by atoms with Crippen molar-refractivity contribution in [2.45, 2.75) is 72.3 Å². The Hall–Kier alpha value is -1.59. The highest BCUT2D eigenvalue weighted by molar-refractivity contribution is 5.97. The van der Waals surface area contributed by atoms with Crippen molar-refractivity contribution in [3.8, 4) is 5.75 Å². The molecule has 2 rings (SSSR count). The number of nitrogens with zero attached hydrogens (tertiary/aromatic N) is 1. The molecule has 0 aliphatic carbocycles. The molecular formula is C26H44N2O3. The van der Waals surface area contributed by atoms with Gasteiger partial charge in [-0.1, -0.05) is 34.6 Å². The second-order valence-corrected chi connectivity index (χ2v) is 10.1. The maximum atomic E-state index is 13.1. The summed E-state index contributed by atoms with van der Waals surface area (Å²) in [6.07, 6.45) is 5.06. The monoisotopic (exact) mass is 432 g/mol. The minimum atomic E-state index is -0.802. The Labute approximate surface area is 189 Å². The van der Waals surface area contributed by atoms with E-state index in [1.807, 2.05) is 24.3 Å². The summed E-state index contributed by atoms with van der Waals surface area (Å²) < 4.78 is 11.7. The van der Waals surface area contributed by atoms with Crippen LogP contribution >= 0.6 is 0 Å². The van der Waals surface area contributed by atoms with Crippen LogP contribution in [-0.4, -0.2) is 49.8 Å². The van der Waals surface area contributed by atoms with Gasteiger partial charge in [0.2, 0.25) is 0 Å². The fraction of sp³-hybridized carbons (Fsp3) is 0.731. The lowest BCUT2D eigenvalue weighted by molar-refractivity contribution is -0.142. The van der Waals surface area contributed by atoms with Crippen molar-refractivity contribution >= 4 is 11.6 Å². The first-order valence-electron chi connectivity index (χ1n) is 12.1. The smallest absolute Gasteiger partial charge is 0.256 e. The van der Waals surface area contributed by atoms with Crippen molar-refractivity contribution in [3.05, 3.63) is 24.3 Å². The summed E-state index contributed by atoms with van der Waals surface area (Å²) in [5, 5.41) is 3.06. The topological polar surface area (TPSA) is 50.8 Å². The molecule has 1 saturated heterocycles. The standard InChI is InChI=1S/C26H44N2O3/c1-20(2)18-26(30-6,19-21(3)4)25(29)27-23-8-10-24(11-9-23)31-17-7-14-28-15-12-22(5)13-16-28/h8-11,20-22H,7,12-19H2,1-6H3,(H,27,29). The zero-order valence-corrected chi connectivity index (χ0v) is 20.6. The lowest BCUT2D eigenvalue weighted by Crippen LogP contribution is -2.46. The number of nitrogens with one attached hydrogen (secondary N) is 1. The van der Waals surface area contributed by atoms with Crippen molar-refractivity contribution in [2.24, 2.45) is 17.8 Å². The normalized spacial score (nSPS) is 16.1. The van der Waals surface area contributed by atoms with Gasteiger partial charge in [-0.05, 0) is 87.2 Å². The molecular weight excluding hydrogens is 388 g/mol. The van der Waals surface area contributed by atoms with E-state index in [4.69, 9.17) is 9.47 Å². The van der Waals surface area contributed by atoms with Gasteiger partial charge in [0.05, 0.1) is 6.61 Å². The predicted octanol–water partition coefficient (Wildman–Crippen LogP) is 5.60. The van der Waals surface area contributed by atoms with E-state index in [0.29, 0.717) is 31.3 Å². The number of carbonyl (C=O) groups is 1. The van der Waals surface area contributed by atoms with Crippen molar-refractivity contribution < 1.29 is 14.3 Å². The molecule has 0 saturated carbocycles. The van der Waals surface area contributed by atoms with Crippen molar-refractivity contribution in [1.29, 1.82) is 0 Å².